The van der Waals surface area contributed by atoms with Gasteiger partial charge in [0, 0.05) is 11.5 Å². The van der Waals surface area contributed by atoms with Crippen LogP contribution in [0.1, 0.15) is 46.5 Å². The smallest absolute Gasteiger partial charge is 0.151 e. The second-order valence-corrected chi connectivity index (χ2v) is 5.04. The summed E-state index contributed by atoms with van der Waals surface area (Å²) in [6.45, 7) is 6.48. The lowest BCUT2D eigenvalue weighted by atomic mass is 9.91. The van der Waals surface area contributed by atoms with Crippen molar-refractivity contribution < 1.29 is 4.79 Å². The Labute approximate surface area is 81.1 Å². The number of carbonyl (C=O) groups is 1. The van der Waals surface area contributed by atoms with E-state index in [1.54, 1.807) is 0 Å². The van der Waals surface area contributed by atoms with E-state index >= 15 is 0 Å². The molecular weight excluding hydrogens is 162 g/mol. The fourth-order valence-corrected chi connectivity index (χ4v) is 1.63. The van der Waals surface area contributed by atoms with Crippen molar-refractivity contribution in [3.63, 3.8) is 0 Å². The van der Waals surface area contributed by atoms with Crippen molar-refractivity contribution in [1.82, 2.24) is 5.32 Å². The average molecular weight is 183 g/mol. The van der Waals surface area contributed by atoms with Gasteiger partial charge in [0.1, 0.15) is 0 Å². The van der Waals surface area contributed by atoms with Crippen LogP contribution in [0.4, 0.5) is 0 Å². The minimum atomic E-state index is -0.189. The zero-order valence-electron chi connectivity index (χ0n) is 9.02. The molecule has 2 nitrogen and oxygen atoms in total. The van der Waals surface area contributed by atoms with E-state index in [1.807, 2.05) is 20.8 Å². The van der Waals surface area contributed by atoms with Crippen LogP contribution in [0, 0.1) is 5.41 Å². The third-order valence-electron chi connectivity index (χ3n) is 2.74. The maximum Gasteiger partial charge on any atom is 0.151 e. The predicted molar refractivity (Wildman–Crippen MR) is 54.7 cm³/mol. The molecule has 0 unspecified atom stereocenters. The number of carbonyl (C=O) groups excluding carboxylic acids is 1. The number of rotatable bonds is 3. The van der Waals surface area contributed by atoms with Gasteiger partial charge in [0.05, 0.1) is 6.54 Å². The fraction of sp³-hybridized carbons (Fsp3) is 0.909. The summed E-state index contributed by atoms with van der Waals surface area (Å²) in [6, 6.07) is 0.603. The molecule has 0 atom stereocenters. The molecule has 13 heavy (non-hydrogen) atoms. The standard InChI is InChI=1S/C11H21NO/c1-11(2,3)10(13)8-12-9-6-4-5-7-9/h9,12H,4-8H2,1-3H3. The summed E-state index contributed by atoms with van der Waals surface area (Å²) >= 11 is 0. The highest BCUT2D eigenvalue weighted by Crippen LogP contribution is 2.18. The quantitative estimate of drug-likeness (QED) is 0.726. The first-order valence-electron chi connectivity index (χ1n) is 5.27. The summed E-state index contributed by atoms with van der Waals surface area (Å²) in [4.78, 5) is 11.6. The van der Waals surface area contributed by atoms with Crippen LogP contribution in [0.2, 0.25) is 0 Å². The highest BCUT2D eigenvalue weighted by Gasteiger charge is 2.22. The van der Waals surface area contributed by atoms with E-state index in [0.29, 0.717) is 18.4 Å². The highest BCUT2D eigenvalue weighted by atomic mass is 16.1. The van der Waals surface area contributed by atoms with E-state index in [-0.39, 0.29) is 5.41 Å². The molecular formula is C11H21NO. The van der Waals surface area contributed by atoms with Gasteiger partial charge in [-0.25, -0.2) is 0 Å². The van der Waals surface area contributed by atoms with Crippen molar-refractivity contribution in [3.8, 4) is 0 Å². The Kier molecular flexibility index (Phi) is 3.48. The summed E-state index contributed by atoms with van der Waals surface area (Å²) < 4.78 is 0. The maximum atomic E-state index is 11.6. The monoisotopic (exact) mass is 183 g/mol. The maximum absolute atomic E-state index is 11.6. The van der Waals surface area contributed by atoms with Crippen molar-refractivity contribution >= 4 is 5.78 Å². The van der Waals surface area contributed by atoms with Crippen molar-refractivity contribution in [2.24, 2.45) is 5.41 Å². The van der Waals surface area contributed by atoms with Crippen LogP contribution in [0.5, 0.6) is 0 Å². The minimum Gasteiger partial charge on any atom is -0.307 e. The van der Waals surface area contributed by atoms with Gasteiger partial charge in [-0.15, -0.1) is 0 Å². The van der Waals surface area contributed by atoms with E-state index in [1.165, 1.54) is 25.7 Å². The Bertz CT molecular complexity index is 175. The molecule has 76 valence electrons. The van der Waals surface area contributed by atoms with E-state index in [2.05, 4.69) is 5.32 Å². The number of Topliss-reactive ketones (excluding diaryl/α,β-unsaturated/α-hetero) is 1. The summed E-state index contributed by atoms with van der Waals surface area (Å²) in [5.41, 5.74) is -0.189. The molecule has 0 spiro atoms. The molecule has 1 aliphatic carbocycles. The largest absolute Gasteiger partial charge is 0.307 e. The molecule has 0 heterocycles. The Hall–Kier alpha value is -0.370. The molecule has 1 aliphatic rings. The lowest BCUT2D eigenvalue weighted by Gasteiger charge is -2.18. The fourth-order valence-electron chi connectivity index (χ4n) is 1.63. The van der Waals surface area contributed by atoms with Crippen LogP contribution in [-0.4, -0.2) is 18.4 Å². The lowest BCUT2D eigenvalue weighted by molar-refractivity contribution is -0.125. The Morgan fingerprint density at radius 3 is 2.31 bits per heavy atom. The zero-order chi connectivity index (χ0) is 9.90. The molecule has 1 N–H and O–H groups in total. The van der Waals surface area contributed by atoms with Crippen LogP contribution in [0.15, 0.2) is 0 Å². The van der Waals surface area contributed by atoms with Crippen LogP contribution in [0.3, 0.4) is 0 Å². The highest BCUT2D eigenvalue weighted by molar-refractivity contribution is 5.85. The molecule has 1 rings (SSSR count). The van der Waals surface area contributed by atoms with Crippen molar-refractivity contribution in [1.29, 1.82) is 0 Å². The Balaban J connectivity index is 2.22. The molecule has 0 bridgehead atoms. The van der Waals surface area contributed by atoms with Gasteiger partial charge in [-0.2, -0.15) is 0 Å². The van der Waals surface area contributed by atoms with Gasteiger partial charge in [0.25, 0.3) is 0 Å². The van der Waals surface area contributed by atoms with Crippen molar-refractivity contribution in [2.75, 3.05) is 6.54 Å². The van der Waals surface area contributed by atoms with Crippen molar-refractivity contribution in [3.05, 3.63) is 0 Å². The number of ketones is 1. The SMILES string of the molecule is CC(C)(C)C(=O)CNC1CCCC1. The topological polar surface area (TPSA) is 29.1 Å². The summed E-state index contributed by atoms with van der Waals surface area (Å²) in [7, 11) is 0. The molecule has 1 fully saturated rings. The summed E-state index contributed by atoms with van der Waals surface area (Å²) in [5.74, 6) is 0.319. The average Bonchev–Trinajstić information content (AvgIpc) is 2.50. The Morgan fingerprint density at radius 1 is 1.31 bits per heavy atom. The third-order valence-corrected chi connectivity index (χ3v) is 2.74. The molecule has 0 amide bonds. The second kappa shape index (κ2) is 4.23. The molecule has 0 radical (unpaired) electrons. The van der Waals surface area contributed by atoms with Gasteiger partial charge in [-0.1, -0.05) is 33.6 Å². The molecule has 0 saturated heterocycles. The first-order chi connectivity index (χ1) is 6.00. The van der Waals surface area contributed by atoms with Crippen LogP contribution >= 0.6 is 0 Å². The zero-order valence-corrected chi connectivity index (χ0v) is 9.02. The second-order valence-electron chi connectivity index (χ2n) is 5.04. The van der Waals surface area contributed by atoms with Gasteiger partial charge in [-0.05, 0) is 12.8 Å². The lowest BCUT2D eigenvalue weighted by Crippen LogP contribution is -2.36. The van der Waals surface area contributed by atoms with Gasteiger partial charge in [0.2, 0.25) is 0 Å². The first-order valence-corrected chi connectivity index (χ1v) is 5.27. The normalized spacial score (nSPS) is 19.3. The number of nitrogens with one attached hydrogen (secondary N) is 1. The minimum absolute atomic E-state index is 0.189. The number of hydrogen-bond donors (Lipinski definition) is 1. The Morgan fingerprint density at radius 2 is 1.85 bits per heavy atom. The van der Waals surface area contributed by atoms with E-state index in [0.717, 1.165) is 0 Å². The molecule has 0 aromatic carbocycles. The molecule has 2 heteroatoms. The molecule has 0 aliphatic heterocycles. The number of hydrogen-bond acceptors (Lipinski definition) is 2. The molecule has 0 aromatic rings. The van der Waals surface area contributed by atoms with E-state index < -0.39 is 0 Å². The van der Waals surface area contributed by atoms with Crippen LogP contribution in [0.25, 0.3) is 0 Å². The third kappa shape index (κ3) is 3.47. The first kappa shape index (κ1) is 10.7. The molecule has 0 aromatic heterocycles. The van der Waals surface area contributed by atoms with Crippen molar-refractivity contribution in [2.45, 2.75) is 52.5 Å². The van der Waals surface area contributed by atoms with Crippen LogP contribution in [-0.2, 0) is 4.79 Å². The van der Waals surface area contributed by atoms with Crippen LogP contribution < -0.4 is 5.32 Å². The van der Waals surface area contributed by atoms with Gasteiger partial charge in [0.15, 0.2) is 5.78 Å². The summed E-state index contributed by atoms with van der Waals surface area (Å²) in [5, 5.41) is 3.34. The summed E-state index contributed by atoms with van der Waals surface area (Å²) in [6.07, 6.45) is 5.14. The predicted octanol–water partition coefficient (Wildman–Crippen LogP) is 2.13. The van der Waals surface area contributed by atoms with E-state index in [4.69, 9.17) is 0 Å². The van der Waals surface area contributed by atoms with E-state index in [9.17, 15) is 4.79 Å². The molecule has 1 saturated carbocycles. The van der Waals surface area contributed by atoms with Gasteiger partial charge in [-0.3, -0.25) is 4.79 Å². The van der Waals surface area contributed by atoms with Gasteiger partial charge < -0.3 is 5.32 Å². The van der Waals surface area contributed by atoms with Gasteiger partial charge >= 0.3 is 0 Å².